The number of hydrogen-bond donors (Lipinski definition) is 0. The second-order valence-corrected chi connectivity index (χ2v) is 9.92. The van der Waals surface area contributed by atoms with Gasteiger partial charge in [-0.15, -0.1) is 0 Å². The summed E-state index contributed by atoms with van der Waals surface area (Å²) in [6.07, 6.45) is 0.524. The number of fused-ring (bicyclic) bond motifs is 2. The van der Waals surface area contributed by atoms with E-state index in [1.54, 1.807) is 31.3 Å². The molecule has 1 aliphatic heterocycles. The fourth-order valence-corrected chi connectivity index (χ4v) is 4.78. The van der Waals surface area contributed by atoms with E-state index >= 15 is 0 Å². The van der Waals surface area contributed by atoms with Crippen molar-refractivity contribution in [2.24, 2.45) is 0 Å². The van der Waals surface area contributed by atoms with Crippen LogP contribution in [0.15, 0.2) is 48.5 Å². The predicted octanol–water partition coefficient (Wildman–Crippen LogP) is 6.35. The Hall–Kier alpha value is -1.85. The quantitative estimate of drug-likeness (QED) is 0.394. The third kappa shape index (κ3) is 3.91. The van der Waals surface area contributed by atoms with E-state index < -0.39 is 15.7 Å². The van der Waals surface area contributed by atoms with Gasteiger partial charge in [-0.1, -0.05) is 82.8 Å². The molecular formula is C23H19Cl4NO3. The van der Waals surface area contributed by atoms with Crippen molar-refractivity contribution in [1.82, 2.24) is 4.90 Å². The van der Waals surface area contributed by atoms with Gasteiger partial charge in [0.05, 0.1) is 20.3 Å². The van der Waals surface area contributed by atoms with Gasteiger partial charge in [-0.25, -0.2) is 0 Å². The van der Waals surface area contributed by atoms with Gasteiger partial charge in [0.15, 0.2) is 0 Å². The number of halogens is 4. The van der Waals surface area contributed by atoms with Crippen LogP contribution in [0, 0.1) is 0 Å². The number of alkyl halides is 3. The van der Waals surface area contributed by atoms with Crippen LogP contribution in [0.25, 0.3) is 10.8 Å². The van der Waals surface area contributed by atoms with Crippen molar-refractivity contribution in [3.05, 3.63) is 70.2 Å². The highest BCUT2D eigenvalue weighted by Crippen LogP contribution is 2.50. The van der Waals surface area contributed by atoms with Crippen LogP contribution < -0.4 is 9.47 Å². The molecule has 0 radical (unpaired) electrons. The molecule has 4 rings (SSSR count). The van der Waals surface area contributed by atoms with E-state index in [9.17, 15) is 4.79 Å². The monoisotopic (exact) mass is 497 g/mol. The molecule has 3 aromatic carbocycles. The first kappa shape index (κ1) is 22.3. The number of carbonyl (C=O) groups is 1. The number of carbonyl (C=O) groups excluding carboxylic acids is 1. The second-order valence-electron chi connectivity index (χ2n) is 7.20. The Morgan fingerprint density at radius 1 is 0.968 bits per heavy atom. The number of benzene rings is 3. The van der Waals surface area contributed by atoms with Crippen molar-refractivity contribution >= 4 is 63.1 Å². The molecule has 1 heterocycles. The lowest BCUT2D eigenvalue weighted by atomic mass is 9.84. The topological polar surface area (TPSA) is 38.8 Å². The van der Waals surface area contributed by atoms with Gasteiger partial charge >= 0.3 is 0 Å². The number of methoxy groups -OCH3 is 2. The summed E-state index contributed by atoms with van der Waals surface area (Å²) in [6, 6.07) is 14.6. The maximum atomic E-state index is 13.1. The number of nitrogens with zero attached hydrogens (tertiary/aromatic N) is 1. The zero-order chi connectivity index (χ0) is 22.3. The van der Waals surface area contributed by atoms with Crippen molar-refractivity contribution in [3.63, 3.8) is 0 Å². The van der Waals surface area contributed by atoms with Crippen LogP contribution in [0.3, 0.4) is 0 Å². The smallest absolute Gasteiger partial charge is 0.275 e. The first-order chi connectivity index (χ1) is 14.8. The highest BCUT2D eigenvalue weighted by atomic mass is 35.6. The van der Waals surface area contributed by atoms with Crippen LogP contribution in [0.4, 0.5) is 0 Å². The SMILES string of the molecule is COc1c2c(c(OC)c3ccccc13)C(c1ccc(Cl)cc1)N(C(=O)C(Cl)(Cl)Cl)CC2. The molecule has 0 fully saturated rings. The maximum Gasteiger partial charge on any atom is 0.275 e. The molecule has 1 aliphatic rings. The van der Waals surface area contributed by atoms with E-state index in [2.05, 4.69) is 0 Å². The minimum absolute atomic E-state index is 0.352. The van der Waals surface area contributed by atoms with Gasteiger partial charge in [0.2, 0.25) is 0 Å². The minimum atomic E-state index is -2.09. The largest absolute Gasteiger partial charge is 0.496 e. The third-order valence-electron chi connectivity index (χ3n) is 5.55. The summed E-state index contributed by atoms with van der Waals surface area (Å²) >= 11 is 24.2. The molecule has 1 unspecified atom stereocenters. The molecule has 31 heavy (non-hydrogen) atoms. The van der Waals surface area contributed by atoms with Crippen molar-refractivity contribution in [1.29, 1.82) is 0 Å². The lowest BCUT2D eigenvalue weighted by Gasteiger charge is -2.40. The molecule has 0 saturated carbocycles. The van der Waals surface area contributed by atoms with Gasteiger partial charge in [-0.05, 0) is 24.1 Å². The molecule has 1 amide bonds. The second kappa shape index (κ2) is 8.59. The summed E-state index contributed by atoms with van der Waals surface area (Å²) in [5, 5.41) is 2.40. The van der Waals surface area contributed by atoms with Crippen LogP contribution in [-0.2, 0) is 11.2 Å². The fourth-order valence-electron chi connectivity index (χ4n) is 4.33. The summed E-state index contributed by atoms with van der Waals surface area (Å²) in [7, 11) is 3.26. The third-order valence-corrected chi connectivity index (χ3v) is 6.28. The molecule has 0 aromatic heterocycles. The number of rotatable bonds is 3. The van der Waals surface area contributed by atoms with E-state index in [0.29, 0.717) is 23.7 Å². The molecule has 162 valence electrons. The summed E-state index contributed by atoms with van der Waals surface area (Å²) in [5.41, 5.74) is 2.60. The number of hydrogen-bond acceptors (Lipinski definition) is 3. The molecule has 0 spiro atoms. The Morgan fingerprint density at radius 2 is 1.55 bits per heavy atom. The van der Waals surface area contributed by atoms with Crippen LogP contribution in [0.2, 0.25) is 5.02 Å². The molecule has 4 nitrogen and oxygen atoms in total. The van der Waals surface area contributed by atoms with Gasteiger partial charge in [0.25, 0.3) is 9.70 Å². The molecule has 0 N–H and O–H groups in total. The van der Waals surface area contributed by atoms with Crippen molar-refractivity contribution in [2.75, 3.05) is 20.8 Å². The zero-order valence-corrected chi connectivity index (χ0v) is 19.8. The molecule has 3 aromatic rings. The van der Waals surface area contributed by atoms with E-state index in [0.717, 1.165) is 33.2 Å². The molecule has 0 bridgehead atoms. The van der Waals surface area contributed by atoms with Gasteiger partial charge in [0.1, 0.15) is 11.5 Å². The van der Waals surface area contributed by atoms with Crippen molar-refractivity contribution < 1.29 is 14.3 Å². The first-order valence-corrected chi connectivity index (χ1v) is 11.1. The van der Waals surface area contributed by atoms with Crippen LogP contribution in [-0.4, -0.2) is 35.4 Å². The van der Waals surface area contributed by atoms with E-state index in [-0.39, 0.29) is 0 Å². The van der Waals surface area contributed by atoms with Crippen LogP contribution >= 0.6 is 46.4 Å². The maximum absolute atomic E-state index is 13.1. The standard InChI is InChI=1S/C23H19Cl4NO3/c1-30-20-15-5-3-4-6-16(15)21(31-2)18-17(20)11-12-28(22(29)23(25,26)27)19(18)13-7-9-14(24)10-8-13/h3-10,19H,11-12H2,1-2H3. The Labute approximate surface area is 200 Å². The average Bonchev–Trinajstić information content (AvgIpc) is 2.76. The van der Waals surface area contributed by atoms with Gasteiger partial charge in [-0.3, -0.25) is 4.79 Å². The Bertz CT molecular complexity index is 1140. The summed E-state index contributed by atoms with van der Waals surface area (Å²) < 4.78 is 9.64. The van der Waals surface area contributed by atoms with Crippen LogP contribution in [0.1, 0.15) is 22.7 Å². The number of amides is 1. The van der Waals surface area contributed by atoms with E-state index in [1.165, 1.54) is 0 Å². The van der Waals surface area contributed by atoms with E-state index in [1.807, 2.05) is 36.4 Å². The summed E-state index contributed by atoms with van der Waals surface area (Å²) in [5.74, 6) is 0.816. The summed E-state index contributed by atoms with van der Waals surface area (Å²) in [4.78, 5) is 14.7. The lowest BCUT2D eigenvalue weighted by molar-refractivity contribution is -0.132. The van der Waals surface area contributed by atoms with Gasteiger partial charge in [0, 0.05) is 33.5 Å². The molecule has 8 heteroatoms. The Morgan fingerprint density at radius 3 is 2.10 bits per heavy atom. The molecule has 0 saturated heterocycles. The van der Waals surface area contributed by atoms with Crippen molar-refractivity contribution in [3.8, 4) is 11.5 Å². The molecular weight excluding hydrogens is 480 g/mol. The highest BCUT2D eigenvalue weighted by molar-refractivity contribution is 6.76. The van der Waals surface area contributed by atoms with Crippen molar-refractivity contribution in [2.45, 2.75) is 16.3 Å². The van der Waals surface area contributed by atoms with Crippen LogP contribution in [0.5, 0.6) is 11.5 Å². The number of ether oxygens (including phenoxy) is 2. The Balaban J connectivity index is 2.06. The predicted molar refractivity (Wildman–Crippen MR) is 126 cm³/mol. The lowest BCUT2D eigenvalue weighted by Crippen LogP contribution is -2.46. The molecule has 0 aliphatic carbocycles. The normalized spacial score (nSPS) is 16.2. The average molecular weight is 499 g/mol. The van der Waals surface area contributed by atoms with Gasteiger partial charge < -0.3 is 14.4 Å². The zero-order valence-electron chi connectivity index (χ0n) is 16.8. The Kier molecular flexibility index (Phi) is 6.19. The van der Waals surface area contributed by atoms with Gasteiger partial charge in [-0.2, -0.15) is 0 Å². The minimum Gasteiger partial charge on any atom is -0.496 e. The summed E-state index contributed by atoms with van der Waals surface area (Å²) in [6.45, 7) is 0.352. The first-order valence-electron chi connectivity index (χ1n) is 9.56. The van der Waals surface area contributed by atoms with E-state index in [4.69, 9.17) is 55.9 Å². The molecule has 1 atom stereocenters. The fraction of sp³-hybridized carbons (Fsp3) is 0.261. The highest BCUT2D eigenvalue weighted by Gasteiger charge is 2.43.